The van der Waals surface area contributed by atoms with Gasteiger partial charge in [0.2, 0.25) is 0 Å². The zero-order valence-corrected chi connectivity index (χ0v) is 14.4. The number of alkyl halides is 3. The van der Waals surface area contributed by atoms with Crippen LogP contribution in [0, 0.1) is 0 Å². The molecule has 0 amide bonds. The molecule has 0 radical (unpaired) electrons. The Labute approximate surface area is 135 Å². The molecule has 0 aliphatic heterocycles. The van der Waals surface area contributed by atoms with Crippen molar-refractivity contribution in [3.8, 4) is 0 Å². The molecule has 0 aromatic heterocycles. The van der Waals surface area contributed by atoms with E-state index in [1.54, 1.807) is 7.11 Å². The maximum atomic E-state index is 12.0. The van der Waals surface area contributed by atoms with Gasteiger partial charge in [0.05, 0.1) is 13.2 Å². The van der Waals surface area contributed by atoms with Crippen molar-refractivity contribution in [1.29, 1.82) is 0 Å². The van der Waals surface area contributed by atoms with Crippen LogP contribution in [-0.2, 0) is 4.74 Å². The Bertz CT molecular complexity index is 277. The number of ether oxygens (including phenoxy) is 1. The van der Waals surface area contributed by atoms with Crippen LogP contribution in [0.4, 0.5) is 13.2 Å². The first-order valence-electron chi connectivity index (χ1n) is 6.05. The summed E-state index contributed by atoms with van der Waals surface area (Å²) in [4.78, 5) is 5.25. The predicted molar refractivity (Wildman–Crippen MR) is 84.5 cm³/mol. The number of methoxy groups -OCH3 is 1. The van der Waals surface area contributed by atoms with Crippen LogP contribution < -0.4 is 11.1 Å². The summed E-state index contributed by atoms with van der Waals surface area (Å²) in [5.41, 5.74) is 5.61. The monoisotopic (exact) mass is 412 g/mol. The molecular formula is C11H24F3IN4O. The standard InChI is InChI=1S/C11H23F3N4O.HI/c1-9(7-19-3)17-10(15)16-5-4-6-18(2)8-11(12,13)14;/h9H,4-8H2,1-3H3,(H3,15,16,17);1H. The molecule has 0 aromatic rings. The Hall–Kier alpha value is -0.290. The second kappa shape index (κ2) is 11.4. The Morgan fingerprint density at radius 3 is 2.55 bits per heavy atom. The van der Waals surface area contributed by atoms with Gasteiger partial charge in [-0.05, 0) is 26.9 Å². The predicted octanol–water partition coefficient (Wildman–Crippen LogP) is 1.43. The van der Waals surface area contributed by atoms with Gasteiger partial charge in [0.15, 0.2) is 5.96 Å². The van der Waals surface area contributed by atoms with Gasteiger partial charge in [-0.25, -0.2) is 0 Å². The number of nitrogens with two attached hydrogens (primary N) is 1. The molecule has 0 bridgehead atoms. The number of guanidine groups is 1. The van der Waals surface area contributed by atoms with Crippen LogP contribution in [0.25, 0.3) is 0 Å². The van der Waals surface area contributed by atoms with Gasteiger partial charge in [-0.15, -0.1) is 24.0 Å². The van der Waals surface area contributed by atoms with Crippen LogP contribution in [0.1, 0.15) is 13.3 Å². The molecule has 0 saturated carbocycles. The number of nitrogens with zero attached hydrogens (tertiary/aromatic N) is 2. The third-order valence-corrected chi connectivity index (χ3v) is 2.24. The first-order valence-corrected chi connectivity index (χ1v) is 6.05. The Morgan fingerprint density at radius 2 is 2.05 bits per heavy atom. The lowest BCUT2D eigenvalue weighted by molar-refractivity contribution is -0.143. The Kier molecular flexibility index (Phi) is 12.5. The van der Waals surface area contributed by atoms with Gasteiger partial charge in [-0.2, -0.15) is 13.2 Å². The van der Waals surface area contributed by atoms with Gasteiger partial charge >= 0.3 is 6.18 Å². The molecule has 3 N–H and O–H groups in total. The maximum absolute atomic E-state index is 12.0. The number of nitrogens with one attached hydrogen (secondary N) is 1. The molecule has 0 fully saturated rings. The fraction of sp³-hybridized carbons (Fsp3) is 0.909. The van der Waals surface area contributed by atoms with E-state index in [0.717, 1.165) is 0 Å². The van der Waals surface area contributed by atoms with E-state index in [2.05, 4.69) is 10.3 Å². The average molecular weight is 412 g/mol. The quantitative estimate of drug-likeness (QED) is 0.274. The van der Waals surface area contributed by atoms with Crippen molar-refractivity contribution in [2.45, 2.75) is 25.6 Å². The summed E-state index contributed by atoms with van der Waals surface area (Å²) in [5.74, 6) is 0.281. The lowest BCUT2D eigenvalue weighted by Crippen LogP contribution is -2.40. The van der Waals surface area contributed by atoms with Gasteiger partial charge in [0.25, 0.3) is 0 Å². The average Bonchev–Trinajstić information content (AvgIpc) is 2.22. The summed E-state index contributed by atoms with van der Waals surface area (Å²) in [6.07, 6.45) is -3.64. The minimum Gasteiger partial charge on any atom is -0.383 e. The van der Waals surface area contributed by atoms with Crippen LogP contribution in [0.5, 0.6) is 0 Å². The number of aliphatic imine (C=N–C) groups is 1. The van der Waals surface area contributed by atoms with Crippen LogP contribution in [-0.4, -0.2) is 63.5 Å². The third kappa shape index (κ3) is 14.1. The van der Waals surface area contributed by atoms with E-state index in [-0.39, 0.29) is 36.0 Å². The molecule has 0 rings (SSSR count). The molecule has 5 nitrogen and oxygen atoms in total. The molecule has 0 aromatic carbocycles. The van der Waals surface area contributed by atoms with Crippen molar-refractivity contribution in [2.24, 2.45) is 10.7 Å². The van der Waals surface area contributed by atoms with E-state index in [0.29, 0.717) is 26.1 Å². The van der Waals surface area contributed by atoms with Gasteiger partial charge in [0, 0.05) is 19.7 Å². The number of hydrogen-bond acceptors (Lipinski definition) is 3. The van der Waals surface area contributed by atoms with Crippen molar-refractivity contribution in [3.05, 3.63) is 0 Å². The molecular weight excluding hydrogens is 388 g/mol. The first kappa shape index (κ1) is 22.0. The smallest absolute Gasteiger partial charge is 0.383 e. The first-order chi connectivity index (χ1) is 8.74. The lowest BCUT2D eigenvalue weighted by atomic mass is 10.3. The van der Waals surface area contributed by atoms with E-state index in [4.69, 9.17) is 10.5 Å². The molecule has 1 atom stereocenters. The zero-order chi connectivity index (χ0) is 14.9. The second-order valence-corrected chi connectivity index (χ2v) is 4.47. The van der Waals surface area contributed by atoms with Crippen molar-refractivity contribution in [3.63, 3.8) is 0 Å². The number of rotatable bonds is 8. The maximum Gasteiger partial charge on any atom is 0.401 e. The fourth-order valence-electron chi connectivity index (χ4n) is 1.52. The van der Waals surface area contributed by atoms with Crippen molar-refractivity contribution >= 4 is 29.9 Å². The molecule has 20 heavy (non-hydrogen) atoms. The SMILES string of the molecule is COCC(C)NC(N)=NCCCN(C)CC(F)(F)F.I. The third-order valence-electron chi connectivity index (χ3n) is 2.24. The molecule has 122 valence electrons. The Morgan fingerprint density at radius 1 is 1.45 bits per heavy atom. The second-order valence-electron chi connectivity index (χ2n) is 4.47. The van der Waals surface area contributed by atoms with Crippen LogP contribution in [0.15, 0.2) is 4.99 Å². The van der Waals surface area contributed by atoms with E-state index >= 15 is 0 Å². The Balaban J connectivity index is 0. The van der Waals surface area contributed by atoms with Crippen LogP contribution >= 0.6 is 24.0 Å². The highest BCUT2D eigenvalue weighted by Crippen LogP contribution is 2.15. The van der Waals surface area contributed by atoms with Gasteiger partial charge < -0.3 is 15.8 Å². The summed E-state index contributed by atoms with van der Waals surface area (Å²) in [7, 11) is 3.02. The zero-order valence-electron chi connectivity index (χ0n) is 12.0. The summed E-state index contributed by atoms with van der Waals surface area (Å²) in [5, 5.41) is 2.92. The number of halogens is 4. The summed E-state index contributed by atoms with van der Waals surface area (Å²) < 4.78 is 41.1. The summed E-state index contributed by atoms with van der Waals surface area (Å²) >= 11 is 0. The molecule has 0 saturated heterocycles. The minimum atomic E-state index is -4.16. The number of hydrogen-bond donors (Lipinski definition) is 2. The van der Waals surface area contributed by atoms with Crippen LogP contribution in [0.2, 0.25) is 0 Å². The highest BCUT2D eigenvalue weighted by atomic mass is 127. The van der Waals surface area contributed by atoms with Crippen molar-refractivity contribution in [1.82, 2.24) is 10.2 Å². The highest BCUT2D eigenvalue weighted by molar-refractivity contribution is 14.0. The highest BCUT2D eigenvalue weighted by Gasteiger charge is 2.28. The molecule has 1 unspecified atom stereocenters. The van der Waals surface area contributed by atoms with E-state index in [1.807, 2.05) is 6.92 Å². The molecule has 0 aliphatic carbocycles. The minimum absolute atomic E-state index is 0. The molecule has 9 heteroatoms. The van der Waals surface area contributed by atoms with Crippen molar-refractivity contribution < 1.29 is 17.9 Å². The lowest BCUT2D eigenvalue weighted by Gasteiger charge is -2.18. The normalized spacial score (nSPS) is 14.1. The fourth-order valence-corrected chi connectivity index (χ4v) is 1.52. The van der Waals surface area contributed by atoms with E-state index in [1.165, 1.54) is 11.9 Å². The molecule has 0 spiro atoms. The van der Waals surface area contributed by atoms with Gasteiger partial charge in [0.1, 0.15) is 0 Å². The summed E-state index contributed by atoms with van der Waals surface area (Å²) in [6.45, 7) is 2.20. The molecule has 0 heterocycles. The van der Waals surface area contributed by atoms with Gasteiger partial charge in [-0.3, -0.25) is 9.89 Å². The van der Waals surface area contributed by atoms with Crippen molar-refractivity contribution in [2.75, 3.05) is 40.4 Å². The van der Waals surface area contributed by atoms with E-state index < -0.39 is 12.7 Å². The molecule has 0 aliphatic rings. The largest absolute Gasteiger partial charge is 0.401 e. The topological polar surface area (TPSA) is 62.9 Å². The van der Waals surface area contributed by atoms with Crippen LogP contribution in [0.3, 0.4) is 0 Å². The van der Waals surface area contributed by atoms with E-state index in [9.17, 15) is 13.2 Å². The summed E-state index contributed by atoms with van der Waals surface area (Å²) in [6, 6.07) is 0.0432. The van der Waals surface area contributed by atoms with Gasteiger partial charge in [-0.1, -0.05) is 0 Å².